The van der Waals surface area contributed by atoms with Gasteiger partial charge in [-0.3, -0.25) is 0 Å². The molecular weight excluding hydrogens is 308 g/mol. The van der Waals surface area contributed by atoms with Gasteiger partial charge >= 0.3 is 0 Å². The van der Waals surface area contributed by atoms with E-state index in [1.807, 2.05) is 6.92 Å². The van der Waals surface area contributed by atoms with Crippen LogP contribution in [0.2, 0.25) is 0 Å². The summed E-state index contributed by atoms with van der Waals surface area (Å²) in [5, 5.41) is 7.74. The quantitative estimate of drug-likeness (QED) is 0.805. The van der Waals surface area contributed by atoms with E-state index in [0.717, 1.165) is 10.9 Å². The van der Waals surface area contributed by atoms with Crippen LogP contribution >= 0.6 is 27.5 Å². The fourth-order valence-corrected chi connectivity index (χ4v) is 1.94. The molecule has 1 unspecified atom stereocenters. The van der Waals surface area contributed by atoms with Gasteiger partial charge in [-0.05, 0) is 34.5 Å². The largest absolute Gasteiger partial charge is 0.219 e. The summed E-state index contributed by atoms with van der Waals surface area (Å²) in [5.74, 6) is -0.321. The van der Waals surface area contributed by atoms with E-state index >= 15 is 0 Å². The van der Waals surface area contributed by atoms with Gasteiger partial charge < -0.3 is 0 Å². The van der Waals surface area contributed by atoms with E-state index in [2.05, 4.69) is 26.2 Å². The first-order valence-electron chi connectivity index (χ1n) is 5.13. The lowest BCUT2D eigenvalue weighted by atomic mass is 10.2. The Balaban J connectivity index is 2.40. The zero-order chi connectivity index (χ0) is 12.4. The molecule has 17 heavy (non-hydrogen) atoms. The average Bonchev–Trinajstić information content (AvgIpc) is 2.80. The molecular formula is C11H10BrClFN3. The predicted molar refractivity (Wildman–Crippen MR) is 67.9 cm³/mol. The van der Waals surface area contributed by atoms with Gasteiger partial charge in [0.1, 0.15) is 11.5 Å². The highest BCUT2D eigenvalue weighted by molar-refractivity contribution is 9.10. The van der Waals surface area contributed by atoms with E-state index in [-0.39, 0.29) is 11.2 Å². The zero-order valence-electron chi connectivity index (χ0n) is 9.07. The number of hydrogen-bond donors (Lipinski definition) is 0. The molecule has 0 fully saturated rings. The van der Waals surface area contributed by atoms with Gasteiger partial charge in [-0.15, -0.1) is 16.7 Å². The van der Waals surface area contributed by atoms with E-state index in [4.69, 9.17) is 11.6 Å². The van der Waals surface area contributed by atoms with Crippen LogP contribution in [-0.2, 0) is 0 Å². The maximum atomic E-state index is 13.2. The Bertz CT molecular complexity index is 529. The topological polar surface area (TPSA) is 30.7 Å². The Morgan fingerprint density at radius 2 is 2.29 bits per heavy atom. The van der Waals surface area contributed by atoms with Crippen molar-refractivity contribution in [3.63, 3.8) is 0 Å². The maximum Gasteiger partial charge on any atom is 0.125 e. The second-order valence-electron chi connectivity index (χ2n) is 3.56. The van der Waals surface area contributed by atoms with Crippen molar-refractivity contribution in [3.8, 4) is 5.69 Å². The standard InChI is InChI=1S/C11H10BrClFN3/c1-2-9(13)10-6-17(16-15-10)11-5-7(14)3-4-8(11)12/h3-6,9H,2H2,1H3. The Labute approximate surface area is 112 Å². The molecule has 1 aromatic heterocycles. The van der Waals surface area contributed by atoms with Crippen molar-refractivity contribution in [3.05, 3.63) is 40.4 Å². The Hall–Kier alpha value is -0.940. The van der Waals surface area contributed by atoms with Crippen molar-refractivity contribution in [2.45, 2.75) is 18.7 Å². The molecule has 2 aromatic rings. The summed E-state index contributed by atoms with van der Waals surface area (Å²) < 4.78 is 15.4. The molecule has 0 saturated heterocycles. The van der Waals surface area contributed by atoms with Crippen LogP contribution in [0.3, 0.4) is 0 Å². The fourth-order valence-electron chi connectivity index (χ4n) is 1.41. The maximum absolute atomic E-state index is 13.2. The molecule has 1 heterocycles. The van der Waals surface area contributed by atoms with Gasteiger partial charge in [0.15, 0.2) is 0 Å². The fraction of sp³-hybridized carbons (Fsp3) is 0.273. The highest BCUT2D eigenvalue weighted by Gasteiger charge is 2.12. The first-order valence-corrected chi connectivity index (χ1v) is 6.36. The molecule has 0 aliphatic heterocycles. The lowest BCUT2D eigenvalue weighted by Gasteiger charge is -2.03. The summed E-state index contributed by atoms with van der Waals surface area (Å²) in [5.41, 5.74) is 1.29. The van der Waals surface area contributed by atoms with Gasteiger partial charge in [0, 0.05) is 10.5 Å². The lowest BCUT2D eigenvalue weighted by molar-refractivity contribution is 0.624. The minimum atomic E-state index is -0.321. The van der Waals surface area contributed by atoms with E-state index in [1.54, 1.807) is 12.3 Å². The summed E-state index contributed by atoms with van der Waals surface area (Å²) >= 11 is 9.40. The third kappa shape index (κ3) is 2.66. The van der Waals surface area contributed by atoms with Gasteiger partial charge in [0.25, 0.3) is 0 Å². The number of rotatable bonds is 3. The number of aromatic nitrogens is 3. The lowest BCUT2D eigenvalue weighted by Crippen LogP contribution is -1.96. The normalized spacial score (nSPS) is 12.7. The molecule has 0 bridgehead atoms. The summed E-state index contributed by atoms with van der Waals surface area (Å²) in [7, 11) is 0. The molecule has 0 N–H and O–H groups in total. The zero-order valence-corrected chi connectivity index (χ0v) is 11.4. The van der Waals surface area contributed by atoms with Crippen molar-refractivity contribution in [2.24, 2.45) is 0 Å². The summed E-state index contributed by atoms with van der Waals surface area (Å²) in [6, 6.07) is 4.39. The summed E-state index contributed by atoms with van der Waals surface area (Å²) in [6.07, 6.45) is 2.48. The van der Waals surface area contributed by atoms with Crippen LogP contribution in [0.4, 0.5) is 4.39 Å². The minimum absolute atomic E-state index is 0.170. The number of hydrogen-bond acceptors (Lipinski definition) is 2. The first kappa shape index (κ1) is 12.5. The molecule has 6 heteroatoms. The van der Waals surface area contributed by atoms with Crippen LogP contribution in [0, 0.1) is 5.82 Å². The van der Waals surface area contributed by atoms with Crippen LogP contribution in [0.1, 0.15) is 24.4 Å². The van der Waals surface area contributed by atoms with Crippen LogP contribution in [0.25, 0.3) is 5.69 Å². The molecule has 0 aliphatic rings. The van der Waals surface area contributed by atoms with E-state index in [1.165, 1.54) is 16.8 Å². The van der Waals surface area contributed by atoms with Gasteiger partial charge in [-0.25, -0.2) is 9.07 Å². The number of nitrogens with zero attached hydrogens (tertiary/aromatic N) is 3. The smallest absolute Gasteiger partial charge is 0.125 e. The van der Waals surface area contributed by atoms with Crippen molar-refractivity contribution in [1.82, 2.24) is 15.0 Å². The van der Waals surface area contributed by atoms with Gasteiger partial charge in [0.2, 0.25) is 0 Å². The van der Waals surface area contributed by atoms with Crippen LogP contribution in [0.15, 0.2) is 28.9 Å². The molecule has 1 atom stereocenters. The van der Waals surface area contributed by atoms with Gasteiger partial charge in [0.05, 0.1) is 17.3 Å². The monoisotopic (exact) mass is 317 g/mol. The second kappa shape index (κ2) is 5.14. The molecule has 0 radical (unpaired) electrons. The summed E-state index contributed by atoms with van der Waals surface area (Å²) in [4.78, 5) is 0. The SMILES string of the molecule is CCC(Cl)c1cn(-c2cc(F)ccc2Br)nn1. The second-order valence-corrected chi connectivity index (χ2v) is 4.94. The Morgan fingerprint density at radius 1 is 1.53 bits per heavy atom. The Morgan fingerprint density at radius 3 is 3.00 bits per heavy atom. The predicted octanol–water partition coefficient (Wildman–Crippen LogP) is 3.86. The number of alkyl halides is 1. The van der Waals surface area contributed by atoms with Crippen molar-refractivity contribution in [1.29, 1.82) is 0 Å². The highest BCUT2D eigenvalue weighted by atomic mass is 79.9. The molecule has 0 saturated carbocycles. The molecule has 0 spiro atoms. The van der Waals surface area contributed by atoms with Crippen LogP contribution in [0.5, 0.6) is 0 Å². The van der Waals surface area contributed by atoms with E-state index in [0.29, 0.717) is 11.4 Å². The van der Waals surface area contributed by atoms with Gasteiger partial charge in [-0.1, -0.05) is 12.1 Å². The third-order valence-electron chi connectivity index (χ3n) is 2.35. The van der Waals surface area contributed by atoms with Crippen molar-refractivity contribution < 1.29 is 4.39 Å². The van der Waals surface area contributed by atoms with Gasteiger partial charge in [-0.2, -0.15) is 0 Å². The third-order valence-corrected chi connectivity index (χ3v) is 3.55. The van der Waals surface area contributed by atoms with Crippen LogP contribution < -0.4 is 0 Å². The summed E-state index contributed by atoms with van der Waals surface area (Å²) in [6.45, 7) is 1.97. The van der Waals surface area contributed by atoms with E-state index in [9.17, 15) is 4.39 Å². The average molecular weight is 319 g/mol. The highest BCUT2D eigenvalue weighted by Crippen LogP contribution is 2.25. The van der Waals surface area contributed by atoms with Crippen molar-refractivity contribution >= 4 is 27.5 Å². The molecule has 90 valence electrons. The van der Waals surface area contributed by atoms with Crippen molar-refractivity contribution in [2.75, 3.05) is 0 Å². The molecule has 1 aromatic carbocycles. The molecule has 0 amide bonds. The van der Waals surface area contributed by atoms with E-state index < -0.39 is 0 Å². The van der Waals surface area contributed by atoms with Crippen LogP contribution in [-0.4, -0.2) is 15.0 Å². The molecule has 3 nitrogen and oxygen atoms in total. The number of halogens is 3. The molecule has 2 rings (SSSR count). The minimum Gasteiger partial charge on any atom is -0.219 e. The molecule has 0 aliphatic carbocycles. The first-order chi connectivity index (χ1) is 8.11. The Kier molecular flexibility index (Phi) is 3.79. The number of benzene rings is 1.